The molecule has 1 heteroatoms. The lowest BCUT2D eigenvalue weighted by Crippen LogP contribution is -1.90. The van der Waals surface area contributed by atoms with E-state index in [-0.39, 0.29) is 0 Å². The third-order valence-electron chi connectivity index (χ3n) is 2.15. The molecule has 0 saturated carbocycles. The largest absolute Gasteiger partial charge is 0.508 e. The predicted molar refractivity (Wildman–Crippen MR) is 60.5 cm³/mol. The number of benzene rings is 1. The number of aryl methyl sites for hydroxylation is 1. The van der Waals surface area contributed by atoms with Crippen LogP contribution in [0.5, 0.6) is 5.75 Å². The number of allylic oxidation sites excluding steroid dienone is 3. The Morgan fingerprint density at radius 2 is 2.21 bits per heavy atom. The summed E-state index contributed by atoms with van der Waals surface area (Å²) in [5.74, 6) is 0.322. The average Bonchev–Trinajstić information content (AvgIpc) is 2.10. The summed E-state index contributed by atoms with van der Waals surface area (Å²) in [5.41, 5.74) is 3.41. The molecule has 1 aromatic carbocycles. The first-order valence-electron chi connectivity index (χ1n) is 4.72. The Morgan fingerprint density at radius 3 is 2.79 bits per heavy atom. The lowest BCUT2D eigenvalue weighted by atomic mass is 10.0. The van der Waals surface area contributed by atoms with Crippen LogP contribution >= 0.6 is 0 Å². The van der Waals surface area contributed by atoms with E-state index in [2.05, 4.69) is 6.58 Å². The van der Waals surface area contributed by atoms with Gasteiger partial charge in [-0.2, -0.15) is 0 Å². The number of hydrogen-bond donors (Lipinski definition) is 1. The van der Waals surface area contributed by atoms with Crippen LogP contribution in [0.4, 0.5) is 0 Å². The van der Waals surface area contributed by atoms with Gasteiger partial charge in [-0.3, -0.25) is 0 Å². The van der Waals surface area contributed by atoms with Crippen molar-refractivity contribution in [3.8, 4) is 5.75 Å². The quantitative estimate of drug-likeness (QED) is 0.721. The molecule has 0 radical (unpaired) electrons. The molecule has 0 saturated heterocycles. The van der Waals surface area contributed by atoms with Gasteiger partial charge in [-0.1, -0.05) is 30.4 Å². The van der Waals surface area contributed by atoms with Crippen molar-refractivity contribution in [2.45, 2.75) is 20.3 Å². The van der Waals surface area contributed by atoms with Gasteiger partial charge in [0.2, 0.25) is 0 Å². The summed E-state index contributed by atoms with van der Waals surface area (Å²) >= 11 is 0. The van der Waals surface area contributed by atoms with Gasteiger partial charge in [-0.25, -0.2) is 0 Å². The summed E-state index contributed by atoms with van der Waals surface area (Å²) in [5, 5.41) is 9.24. The number of rotatable bonds is 3. The van der Waals surface area contributed by atoms with Crippen LogP contribution in [0.25, 0.3) is 0 Å². The van der Waals surface area contributed by atoms with E-state index >= 15 is 0 Å². The van der Waals surface area contributed by atoms with Gasteiger partial charge in [0.15, 0.2) is 0 Å². The van der Waals surface area contributed by atoms with E-state index < -0.39 is 0 Å². The zero-order valence-corrected chi connectivity index (χ0v) is 8.75. The first-order chi connectivity index (χ1) is 6.63. The van der Waals surface area contributed by atoms with Crippen LogP contribution in [0, 0.1) is 6.92 Å². The molecule has 1 aromatic rings. The number of phenols is 1. The monoisotopic (exact) mass is 188 g/mol. The van der Waals surface area contributed by atoms with Gasteiger partial charge in [-0.05, 0) is 43.5 Å². The zero-order chi connectivity index (χ0) is 10.6. The summed E-state index contributed by atoms with van der Waals surface area (Å²) < 4.78 is 0. The molecule has 0 spiro atoms. The number of hydrogen-bond acceptors (Lipinski definition) is 1. The minimum Gasteiger partial charge on any atom is -0.508 e. The van der Waals surface area contributed by atoms with Gasteiger partial charge in [0.05, 0.1) is 0 Å². The smallest absolute Gasteiger partial charge is 0.115 e. The van der Waals surface area contributed by atoms with Crippen molar-refractivity contribution in [3.05, 3.63) is 53.6 Å². The molecule has 0 unspecified atom stereocenters. The van der Waals surface area contributed by atoms with Crippen LogP contribution < -0.4 is 0 Å². The van der Waals surface area contributed by atoms with Gasteiger partial charge in [0, 0.05) is 0 Å². The van der Waals surface area contributed by atoms with Crippen LogP contribution in [-0.4, -0.2) is 5.11 Å². The Hall–Kier alpha value is -1.50. The van der Waals surface area contributed by atoms with E-state index in [9.17, 15) is 5.11 Å². The number of phenolic OH excluding ortho intramolecular Hbond substituents is 1. The Kier molecular flexibility index (Phi) is 3.52. The standard InChI is InChI=1S/C13H16O/c1-4-5-10(2)8-12-6-7-13(14)9-11(12)3/h4-7,9,14H,2,8H2,1,3H3. The summed E-state index contributed by atoms with van der Waals surface area (Å²) in [7, 11) is 0. The maximum absolute atomic E-state index is 9.24. The maximum Gasteiger partial charge on any atom is 0.115 e. The Labute approximate surface area is 85.4 Å². The highest BCUT2D eigenvalue weighted by Crippen LogP contribution is 2.18. The fourth-order valence-electron chi connectivity index (χ4n) is 1.42. The predicted octanol–water partition coefficient (Wildman–Crippen LogP) is 3.38. The van der Waals surface area contributed by atoms with E-state index in [1.165, 1.54) is 5.56 Å². The maximum atomic E-state index is 9.24. The summed E-state index contributed by atoms with van der Waals surface area (Å²) in [4.78, 5) is 0. The van der Waals surface area contributed by atoms with Crippen molar-refractivity contribution in [1.29, 1.82) is 0 Å². The van der Waals surface area contributed by atoms with Crippen molar-refractivity contribution < 1.29 is 5.11 Å². The third-order valence-corrected chi connectivity index (χ3v) is 2.15. The SMILES string of the molecule is C=C(C=CC)Cc1ccc(O)cc1C. The van der Waals surface area contributed by atoms with Crippen LogP contribution in [0.15, 0.2) is 42.5 Å². The third kappa shape index (κ3) is 2.77. The molecular formula is C13H16O. The first-order valence-corrected chi connectivity index (χ1v) is 4.72. The molecule has 0 aliphatic heterocycles. The van der Waals surface area contributed by atoms with E-state index in [0.29, 0.717) is 5.75 Å². The zero-order valence-electron chi connectivity index (χ0n) is 8.75. The second-order valence-corrected chi connectivity index (χ2v) is 3.45. The fraction of sp³-hybridized carbons (Fsp3) is 0.231. The van der Waals surface area contributed by atoms with Crippen LogP contribution in [0.2, 0.25) is 0 Å². The van der Waals surface area contributed by atoms with Crippen LogP contribution in [0.1, 0.15) is 18.1 Å². The van der Waals surface area contributed by atoms with E-state index in [0.717, 1.165) is 17.6 Å². The molecule has 14 heavy (non-hydrogen) atoms. The summed E-state index contributed by atoms with van der Waals surface area (Å²) in [6, 6.07) is 5.43. The molecule has 0 bridgehead atoms. The minimum absolute atomic E-state index is 0.322. The van der Waals surface area contributed by atoms with Crippen LogP contribution in [0.3, 0.4) is 0 Å². The fourth-order valence-corrected chi connectivity index (χ4v) is 1.42. The van der Waals surface area contributed by atoms with Gasteiger partial charge in [-0.15, -0.1) is 0 Å². The molecule has 0 atom stereocenters. The van der Waals surface area contributed by atoms with E-state index in [1.54, 1.807) is 12.1 Å². The highest BCUT2D eigenvalue weighted by molar-refractivity contribution is 5.37. The first kappa shape index (κ1) is 10.6. The van der Waals surface area contributed by atoms with Crippen molar-refractivity contribution in [1.82, 2.24) is 0 Å². The molecule has 1 rings (SSSR count). The summed E-state index contributed by atoms with van der Waals surface area (Å²) in [6.07, 6.45) is 4.83. The molecule has 0 aliphatic carbocycles. The van der Waals surface area contributed by atoms with Gasteiger partial charge in [0.25, 0.3) is 0 Å². The van der Waals surface area contributed by atoms with Crippen molar-refractivity contribution >= 4 is 0 Å². The van der Waals surface area contributed by atoms with Gasteiger partial charge in [0.1, 0.15) is 5.75 Å². The number of aromatic hydroxyl groups is 1. The molecule has 0 aromatic heterocycles. The topological polar surface area (TPSA) is 20.2 Å². The Morgan fingerprint density at radius 1 is 1.50 bits per heavy atom. The van der Waals surface area contributed by atoms with Crippen LogP contribution in [-0.2, 0) is 6.42 Å². The van der Waals surface area contributed by atoms with Crippen molar-refractivity contribution in [2.75, 3.05) is 0 Å². The van der Waals surface area contributed by atoms with E-state index in [1.807, 2.05) is 32.1 Å². The molecule has 1 nitrogen and oxygen atoms in total. The van der Waals surface area contributed by atoms with E-state index in [4.69, 9.17) is 0 Å². The van der Waals surface area contributed by atoms with Crippen molar-refractivity contribution in [3.63, 3.8) is 0 Å². The lowest BCUT2D eigenvalue weighted by Gasteiger charge is -2.05. The van der Waals surface area contributed by atoms with Gasteiger partial charge >= 0.3 is 0 Å². The lowest BCUT2D eigenvalue weighted by molar-refractivity contribution is 0.474. The molecular weight excluding hydrogens is 172 g/mol. The average molecular weight is 188 g/mol. The molecule has 0 amide bonds. The van der Waals surface area contributed by atoms with Crippen molar-refractivity contribution in [2.24, 2.45) is 0 Å². The minimum atomic E-state index is 0.322. The second kappa shape index (κ2) is 4.66. The normalized spacial score (nSPS) is 10.7. The van der Waals surface area contributed by atoms with Gasteiger partial charge < -0.3 is 5.11 Å². The second-order valence-electron chi connectivity index (χ2n) is 3.45. The molecule has 0 heterocycles. The highest BCUT2D eigenvalue weighted by Gasteiger charge is 1.99. The molecule has 0 fully saturated rings. The Bertz CT molecular complexity index is 361. The Balaban J connectivity index is 2.82. The molecule has 74 valence electrons. The summed E-state index contributed by atoms with van der Waals surface area (Å²) in [6.45, 7) is 7.93. The highest BCUT2D eigenvalue weighted by atomic mass is 16.3. The molecule has 0 aliphatic rings. The molecule has 1 N–H and O–H groups in total.